The average molecular weight is 302 g/mol. The van der Waals surface area contributed by atoms with Crippen molar-refractivity contribution in [2.24, 2.45) is 5.41 Å². The van der Waals surface area contributed by atoms with E-state index < -0.39 is 0 Å². The summed E-state index contributed by atoms with van der Waals surface area (Å²) in [7, 11) is 0. The van der Waals surface area contributed by atoms with E-state index in [1.165, 1.54) is 11.0 Å². The van der Waals surface area contributed by atoms with Crippen molar-refractivity contribution < 1.29 is 9.45 Å². The number of anilines is 1. The molecular formula is C17H27BN2O2. The Labute approximate surface area is 134 Å². The quantitative estimate of drug-likeness (QED) is 0.601. The molecule has 1 amide bonds. The standard InChI is InChI=1S/C17H27BN2O2/c1-5-17(2,3)16(21)20-10-6-9-19-14-8-7-13-12-22-18(4)15(13)11-14/h7-8,11,19H,5-6,9-10,12H2,1-4H3,(H,20,21). The van der Waals surface area contributed by atoms with Crippen LogP contribution in [-0.4, -0.2) is 25.9 Å². The summed E-state index contributed by atoms with van der Waals surface area (Å²) in [5.74, 6) is 0.138. The molecule has 0 unspecified atom stereocenters. The lowest BCUT2D eigenvalue weighted by atomic mass is 9.64. The summed E-state index contributed by atoms with van der Waals surface area (Å²) in [6.45, 7) is 10.5. The van der Waals surface area contributed by atoms with E-state index in [1.54, 1.807) is 0 Å². The van der Waals surface area contributed by atoms with Gasteiger partial charge in [0, 0.05) is 24.2 Å². The smallest absolute Gasteiger partial charge is 0.324 e. The van der Waals surface area contributed by atoms with Gasteiger partial charge in [-0.25, -0.2) is 0 Å². The summed E-state index contributed by atoms with van der Waals surface area (Å²) in [4.78, 5) is 11.9. The fraction of sp³-hybridized carbons (Fsp3) is 0.588. The van der Waals surface area contributed by atoms with E-state index in [9.17, 15) is 4.79 Å². The minimum Gasteiger partial charge on any atom is -0.427 e. The molecule has 1 aromatic rings. The molecule has 0 spiro atoms. The van der Waals surface area contributed by atoms with Crippen molar-refractivity contribution in [3.63, 3.8) is 0 Å². The first kappa shape index (κ1) is 16.9. The van der Waals surface area contributed by atoms with Gasteiger partial charge in [-0.05, 0) is 36.0 Å². The molecule has 1 aliphatic rings. The van der Waals surface area contributed by atoms with E-state index in [0.29, 0.717) is 6.54 Å². The van der Waals surface area contributed by atoms with Crippen LogP contribution in [0.5, 0.6) is 0 Å². The van der Waals surface area contributed by atoms with E-state index in [4.69, 9.17) is 4.65 Å². The van der Waals surface area contributed by atoms with Crippen LogP contribution in [0.1, 0.15) is 39.2 Å². The third-order valence-electron chi connectivity index (χ3n) is 4.54. The molecule has 0 fully saturated rings. The molecule has 120 valence electrons. The minimum atomic E-state index is -0.274. The number of carbonyl (C=O) groups is 1. The maximum absolute atomic E-state index is 11.9. The number of hydrogen-bond donors (Lipinski definition) is 2. The third-order valence-corrected chi connectivity index (χ3v) is 4.54. The van der Waals surface area contributed by atoms with Crippen LogP contribution >= 0.6 is 0 Å². The third kappa shape index (κ3) is 4.04. The zero-order valence-corrected chi connectivity index (χ0v) is 14.2. The molecule has 22 heavy (non-hydrogen) atoms. The second-order valence-electron chi connectivity index (χ2n) is 6.64. The van der Waals surface area contributed by atoms with Gasteiger partial charge in [0.15, 0.2) is 0 Å². The molecule has 0 saturated heterocycles. The highest BCUT2D eigenvalue weighted by Gasteiger charge is 2.24. The molecule has 2 rings (SSSR count). The predicted molar refractivity (Wildman–Crippen MR) is 92.7 cm³/mol. The van der Waals surface area contributed by atoms with Crippen LogP contribution in [-0.2, 0) is 16.1 Å². The van der Waals surface area contributed by atoms with E-state index in [-0.39, 0.29) is 18.2 Å². The van der Waals surface area contributed by atoms with Crippen LogP contribution < -0.4 is 16.1 Å². The second kappa shape index (κ2) is 7.18. The Hall–Kier alpha value is -1.49. The zero-order valence-electron chi connectivity index (χ0n) is 14.2. The summed E-state index contributed by atoms with van der Waals surface area (Å²) >= 11 is 0. The summed E-state index contributed by atoms with van der Waals surface area (Å²) in [5.41, 5.74) is 3.41. The largest absolute Gasteiger partial charge is 0.427 e. The molecule has 4 nitrogen and oxygen atoms in total. The van der Waals surface area contributed by atoms with Crippen LogP contribution in [0.4, 0.5) is 5.69 Å². The van der Waals surface area contributed by atoms with Crippen molar-refractivity contribution in [2.45, 2.75) is 47.0 Å². The Morgan fingerprint density at radius 3 is 2.86 bits per heavy atom. The number of carbonyl (C=O) groups excluding carboxylic acids is 1. The average Bonchev–Trinajstić information content (AvgIpc) is 2.87. The number of rotatable bonds is 7. The highest BCUT2D eigenvalue weighted by molar-refractivity contribution is 6.67. The van der Waals surface area contributed by atoms with Crippen molar-refractivity contribution in [3.05, 3.63) is 23.8 Å². The summed E-state index contributed by atoms with van der Waals surface area (Å²) < 4.78 is 5.61. The Kier molecular flexibility index (Phi) is 5.51. The molecule has 0 bridgehead atoms. The maximum atomic E-state index is 11.9. The molecule has 1 aliphatic heterocycles. The summed E-state index contributed by atoms with van der Waals surface area (Å²) in [6.07, 6.45) is 1.77. The minimum absolute atomic E-state index is 0.138. The number of fused-ring (bicyclic) bond motifs is 1. The Morgan fingerprint density at radius 2 is 2.14 bits per heavy atom. The summed E-state index contributed by atoms with van der Waals surface area (Å²) in [6, 6.07) is 6.40. The van der Waals surface area contributed by atoms with Gasteiger partial charge in [0.2, 0.25) is 5.91 Å². The lowest BCUT2D eigenvalue weighted by Crippen LogP contribution is -2.37. The van der Waals surface area contributed by atoms with Crippen molar-refractivity contribution in [2.75, 3.05) is 18.4 Å². The number of amides is 1. The molecule has 0 radical (unpaired) electrons. The molecule has 0 atom stereocenters. The fourth-order valence-electron chi connectivity index (χ4n) is 2.44. The van der Waals surface area contributed by atoms with Gasteiger partial charge in [-0.3, -0.25) is 4.79 Å². The van der Waals surface area contributed by atoms with E-state index >= 15 is 0 Å². The highest BCUT2D eigenvalue weighted by Crippen LogP contribution is 2.19. The Bertz CT molecular complexity index is 531. The normalized spacial score (nSPS) is 13.9. The van der Waals surface area contributed by atoms with Gasteiger partial charge in [-0.15, -0.1) is 0 Å². The first-order chi connectivity index (χ1) is 10.4. The van der Waals surface area contributed by atoms with Gasteiger partial charge in [0.05, 0.1) is 6.61 Å². The topological polar surface area (TPSA) is 50.4 Å². The maximum Gasteiger partial charge on any atom is 0.324 e. The SMILES string of the molecule is CCC(C)(C)C(=O)NCCCNc1ccc2c(c1)B(C)OC2. The molecule has 0 aliphatic carbocycles. The fourth-order valence-corrected chi connectivity index (χ4v) is 2.44. The monoisotopic (exact) mass is 302 g/mol. The van der Waals surface area contributed by atoms with E-state index in [0.717, 1.165) is 31.7 Å². The molecule has 0 aromatic heterocycles. The lowest BCUT2D eigenvalue weighted by Gasteiger charge is -2.21. The van der Waals surface area contributed by atoms with E-state index in [1.807, 2.05) is 20.8 Å². The molecule has 1 heterocycles. The number of nitrogens with one attached hydrogen (secondary N) is 2. The van der Waals surface area contributed by atoms with Gasteiger partial charge >= 0.3 is 6.92 Å². The Morgan fingerprint density at radius 1 is 1.36 bits per heavy atom. The van der Waals surface area contributed by atoms with Gasteiger partial charge in [0.25, 0.3) is 0 Å². The van der Waals surface area contributed by atoms with E-state index in [2.05, 4.69) is 35.7 Å². The zero-order chi connectivity index (χ0) is 16.2. The van der Waals surface area contributed by atoms with Gasteiger partial charge in [-0.2, -0.15) is 0 Å². The van der Waals surface area contributed by atoms with Crippen LogP contribution in [0.3, 0.4) is 0 Å². The number of benzene rings is 1. The molecule has 0 saturated carbocycles. The molecular weight excluding hydrogens is 275 g/mol. The highest BCUT2D eigenvalue weighted by atomic mass is 16.4. The van der Waals surface area contributed by atoms with Crippen molar-refractivity contribution in [3.8, 4) is 0 Å². The summed E-state index contributed by atoms with van der Waals surface area (Å²) in [5, 5.41) is 6.42. The molecule has 2 N–H and O–H groups in total. The van der Waals surface area contributed by atoms with Crippen LogP contribution in [0.15, 0.2) is 18.2 Å². The van der Waals surface area contributed by atoms with Crippen LogP contribution in [0.25, 0.3) is 0 Å². The molecule has 1 aromatic carbocycles. The van der Waals surface area contributed by atoms with Gasteiger partial charge < -0.3 is 15.3 Å². The first-order valence-corrected chi connectivity index (χ1v) is 8.20. The lowest BCUT2D eigenvalue weighted by molar-refractivity contribution is -0.129. The Balaban J connectivity index is 1.72. The van der Waals surface area contributed by atoms with Crippen LogP contribution in [0.2, 0.25) is 6.82 Å². The first-order valence-electron chi connectivity index (χ1n) is 8.20. The van der Waals surface area contributed by atoms with Gasteiger partial charge in [0.1, 0.15) is 0 Å². The second-order valence-corrected chi connectivity index (χ2v) is 6.64. The molecule has 5 heteroatoms. The van der Waals surface area contributed by atoms with Crippen molar-refractivity contribution in [1.82, 2.24) is 5.32 Å². The predicted octanol–water partition coefficient (Wildman–Crippen LogP) is 2.40. The number of hydrogen-bond acceptors (Lipinski definition) is 3. The van der Waals surface area contributed by atoms with Crippen LogP contribution in [0, 0.1) is 5.41 Å². The van der Waals surface area contributed by atoms with Crippen molar-refractivity contribution in [1.29, 1.82) is 0 Å². The van der Waals surface area contributed by atoms with Crippen molar-refractivity contribution >= 4 is 24.0 Å². The van der Waals surface area contributed by atoms with Gasteiger partial charge in [-0.1, -0.05) is 33.7 Å².